The molecule has 0 aromatic heterocycles. The number of hydrogen-bond acceptors (Lipinski definition) is 6. The van der Waals surface area contributed by atoms with Crippen molar-refractivity contribution in [1.82, 2.24) is 15.5 Å². The van der Waals surface area contributed by atoms with Gasteiger partial charge in [0, 0.05) is 35.1 Å². The van der Waals surface area contributed by atoms with Crippen molar-refractivity contribution in [1.29, 1.82) is 0 Å². The molecule has 38 heavy (non-hydrogen) atoms. The van der Waals surface area contributed by atoms with Crippen molar-refractivity contribution in [2.45, 2.75) is 78.9 Å². The van der Waals surface area contributed by atoms with Crippen molar-refractivity contribution in [3.05, 3.63) is 42.0 Å². The van der Waals surface area contributed by atoms with Crippen LogP contribution < -0.4 is 16.0 Å². The highest BCUT2D eigenvalue weighted by atomic mass is 16.3. The summed E-state index contributed by atoms with van der Waals surface area (Å²) in [4.78, 5) is 61.5. The number of carbonyl (C=O) groups is 5. The first-order chi connectivity index (χ1) is 18.2. The average molecular weight is 537 g/mol. The minimum Gasteiger partial charge on any atom is -0.392 e. The third-order valence-corrected chi connectivity index (χ3v) is 5.84. The Morgan fingerprint density at radius 1 is 0.947 bits per heavy atom. The fraction of sp³-hybridized carbons (Fsp3) is 0.536. The van der Waals surface area contributed by atoms with Crippen LogP contribution in [0, 0.1) is 5.92 Å². The maximum atomic E-state index is 12.7. The van der Waals surface area contributed by atoms with Crippen molar-refractivity contribution in [2.24, 2.45) is 5.92 Å². The normalized spacial score (nSPS) is 13.9. The lowest BCUT2D eigenvalue weighted by molar-refractivity contribution is -0.137. The van der Waals surface area contributed by atoms with E-state index in [0.717, 1.165) is 5.56 Å². The van der Waals surface area contributed by atoms with Crippen LogP contribution in [-0.2, 0) is 30.6 Å². The number of carbonyl (C=O) groups excluding carboxylic acids is 5. The van der Waals surface area contributed by atoms with E-state index in [4.69, 9.17) is 5.11 Å². The summed E-state index contributed by atoms with van der Waals surface area (Å²) < 4.78 is 0. The molecule has 0 spiro atoms. The zero-order valence-corrected chi connectivity index (χ0v) is 22.9. The molecule has 4 N–H and O–H groups in total. The van der Waals surface area contributed by atoms with Gasteiger partial charge < -0.3 is 21.1 Å². The van der Waals surface area contributed by atoms with Crippen LogP contribution in [0.4, 0.5) is 5.69 Å². The van der Waals surface area contributed by atoms with Gasteiger partial charge in [-0.2, -0.15) is 0 Å². The predicted molar refractivity (Wildman–Crippen MR) is 152 cm³/mol. The van der Waals surface area contributed by atoms with Gasteiger partial charge in [0.2, 0.25) is 17.7 Å². The summed E-state index contributed by atoms with van der Waals surface area (Å²) in [6.07, 6.45) is 6.42. The first-order valence-corrected chi connectivity index (χ1v) is 13.3. The molecule has 5 amide bonds. The minimum absolute atomic E-state index is 0. The van der Waals surface area contributed by atoms with E-state index < -0.39 is 17.9 Å². The average Bonchev–Trinajstić information content (AvgIpc) is 3.22. The van der Waals surface area contributed by atoms with Crippen molar-refractivity contribution in [3.8, 4) is 0 Å². The van der Waals surface area contributed by atoms with E-state index in [2.05, 4.69) is 29.8 Å². The number of aliphatic hydroxyl groups excluding tert-OH is 1. The van der Waals surface area contributed by atoms with Gasteiger partial charge in [-0.25, -0.2) is 0 Å². The van der Waals surface area contributed by atoms with E-state index in [-0.39, 0.29) is 47.5 Å². The highest BCUT2D eigenvalue weighted by molar-refractivity contribution is 6.12. The molecule has 1 heterocycles. The molecule has 0 saturated heterocycles. The first kappa shape index (κ1) is 32.5. The molecule has 0 bridgehead atoms. The van der Waals surface area contributed by atoms with Crippen LogP contribution >= 0.6 is 0 Å². The molecule has 1 aromatic rings. The number of nitrogens with one attached hydrogen (secondary N) is 3. The molecule has 216 valence electrons. The van der Waals surface area contributed by atoms with Gasteiger partial charge >= 0.3 is 0 Å². The van der Waals surface area contributed by atoms with Gasteiger partial charge in [0.05, 0.1) is 13.2 Å². The maximum Gasteiger partial charge on any atom is 0.253 e. The number of aliphatic hydroxyl groups is 1. The van der Waals surface area contributed by atoms with Crippen LogP contribution in [0.3, 0.4) is 0 Å². The van der Waals surface area contributed by atoms with Crippen LogP contribution in [0.1, 0.15) is 76.1 Å². The molecule has 1 aliphatic heterocycles. The molecule has 0 radical (unpaired) electrons. The number of amides is 5. The van der Waals surface area contributed by atoms with E-state index in [9.17, 15) is 24.0 Å². The summed E-state index contributed by atoms with van der Waals surface area (Å²) in [6, 6.07) is 5.92. The largest absolute Gasteiger partial charge is 0.392 e. The van der Waals surface area contributed by atoms with E-state index in [1.807, 2.05) is 13.8 Å². The summed E-state index contributed by atoms with van der Waals surface area (Å²) in [5.74, 6) is -1.88. The number of nitrogens with zero attached hydrogens (tertiary/aromatic N) is 1. The van der Waals surface area contributed by atoms with Crippen LogP contribution in [0.5, 0.6) is 0 Å². The zero-order chi connectivity index (χ0) is 28.5. The van der Waals surface area contributed by atoms with Gasteiger partial charge in [-0.15, -0.1) is 0 Å². The highest BCUT2D eigenvalue weighted by Gasteiger charge is 2.26. The molecule has 0 aliphatic carbocycles. The SMILES string of the molecule is CCC.CCC(C)[C@H](NC(=O)CCCCCN1C(=O)C=CC1=O)C(=O)NCC(=O)Nc1ccc(CO)cc1.[HH].[HH].[HH]. The highest BCUT2D eigenvalue weighted by Crippen LogP contribution is 2.11. The van der Waals surface area contributed by atoms with Crippen molar-refractivity contribution >= 4 is 35.2 Å². The molecule has 2 rings (SSSR count). The Morgan fingerprint density at radius 2 is 1.55 bits per heavy atom. The molecule has 10 nitrogen and oxygen atoms in total. The number of benzene rings is 1. The lowest BCUT2D eigenvalue weighted by Gasteiger charge is -2.23. The minimum atomic E-state index is -0.768. The monoisotopic (exact) mass is 536 g/mol. The van der Waals surface area contributed by atoms with Gasteiger partial charge in [0.1, 0.15) is 6.04 Å². The Morgan fingerprint density at radius 3 is 2.11 bits per heavy atom. The number of anilines is 1. The molecule has 2 atom stereocenters. The second kappa shape index (κ2) is 17.8. The molecule has 1 unspecified atom stereocenters. The summed E-state index contributed by atoms with van der Waals surface area (Å²) in [7, 11) is 0. The van der Waals surface area contributed by atoms with E-state index >= 15 is 0 Å². The predicted octanol–water partition coefficient (Wildman–Crippen LogP) is 3.40. The standard InChI is InChI=1S/C25H34N4O6.C3H8.3H2/c1-3-17(2)24(25(35)26-15-21(32)27-19-10-8-18(16-30)9-11-19)28-20(31)7-5-4-6-14-29-22(33)12-13-23(29)34;1-3-2;;;/h8-13,17,24,30H,3-7,14-16H2,1-2H3,(H,26,35)(H,27,32)(H,28,31);3H2,1-2H3;3*1H/t17?,24-;;;;/m0..../s1. The third kappa shape index (κ3) is 11.7. The molecule has 0 fully saturated rings. The first-order valence-electron chi connectivity index (χ1n) is 13.3. The third-order valence-electron chi connectivity index (χ3n) is 5.84. The van der Waals surface area contributed by atoms with Crippen molar-refractivity contribution in [2.75, 3.05) is 18.4 Å². The van der Waals surface area contributed by atoms with E-state index in [1.165, 1.54) is 23.5 Å². The second-order valence-corrected chi connectivity index (χ2v) is 9.23. The lowest BCUT2D eigenvalue weighted by atomic mass is 9.98. The van der Waals surface area contributed by atoms with Gasteiger partial charge in [-0.05, 0) is 36.5 Å². The van der Waals surface area contributed by atoms with Crippen molar-refractivity contribution in [3.63, 3.8) is 0 Å². The zero-order valence-electron chi connectivity index (χ0n) is 22.9. The fourth-order valence-corrected chi connectivity index (χ4v) is 3.51. The molecular formula is C28H48N4O6. The molecular weight excluding hydrogens is 488 g/mol. The van der Waals surface area contributed by atoms with Gasteiger partial charge in [-0.1, -0.05) is 59.1 Å². The number of rotatable bonds is 14. The van der Waals surface area contributed by atoms with Crippen LogP contribution in [0.2, 0.25) is 0 Å². The number of hydrogen-bond donors (Lipinski definition) is 4. The van der Waals surface area contributed by atoms with Crippen LogP contribution in [0.15, 0.2) is 36.4 Å². The van der Waals surface area contributed by atoms with Crippen LogP contribution in [0.25, 0.3) is 0 Å². The Labute approximate surface area is 229 Å². The van der Waals surface area contributed by atoms with E-state index in [0.29, 0.717) is 37.9 Å². The fourth-order valence-electron chi connectivity index (χ4n) is 3.51. The Balaban J connectivity index is -0.00000230. The smallest absolute Gasteiger partial charge is 0.253 e. The van der Waals surface area contributed by atoms with Gasteiger partial charge in [-0.3, -0.25) is 28.9 Å². The summed E-state index contributed by atoms with van der Waals surface area (Å²) in [5.41, 5.74) is 1.26. The van der Waals surface area contributed by atoms with Crippen molar-refractivity contribution < 1.29 is 33.4 Å². The summed E-state index contributed by atoms with van der Waals surface area (Å²) >= 11 is 0. The number of unbranched alkanes of at least 4 members (excludes halogenated alkanes) is 2. The molecule has 1 aliphatic rings. The quantitative estimate of drug-likeness (QED) is 0.212. The Bertz CT molecular complexity index is 958. The van der Waals surface area contributed by atoms with Crippen LogP contribution in [-0.4, -0.2) is 58.7 Å². The summed E-state index contributed by atoms with van der Waals surface area (Å²) in [6.45, 7) is 8.00. The van der Waals surface area contributed by atoms with Gasteiger partial charge in [0.25, 0.3) is 11.8 Å². The van der Waals surface area contributed by atoms with E-state index in [1.54, 1.807) is 24.3 Å². The Kier molecular flexibility index (Phi) is 15.3. The maximum absolute atomic E-state index is 12.7. The van der Waals surface area contributed by atoms with Gasteiger partial charge in [0.15, 0.2) is 0 Å². The second-order valence-electron chi connectivity index (χ2n) is 9.23. The number of imide groups is 1. The topological polar surface area (TPSA) is 145 Å². The molecule has 1 aromatic carbocycles. The molecule has 10 heteroatoms. The Hall–Kier alpha value is -3.53. The summed E-state index contributed by atoms with van der Waals surface area (Å²) in [5, 5.41) is 17.1. The lowest BCUT2D eigenvalue weighted by Crippen LogP contribution is -2.51. The molecule has 0 saturated carbocycles.